The standard InChI is InChI=1S/C22H24O11/c1-30-15-4-9(2-3-12(15)25)21-16(7-11-13(26)5-10(24)6-14(11)31-21)32-22-20(29)19(28)18(27)17(8-23)33-22/h2-7,17-29H,8H2,1H3/p+1/t17-,18-,19+,20-,21?,22-/m1/s1. The van der Waals surface area contributed by atoms with Gasteiger partial charge in [0, 0.05) is 12.1 Å². The highest BCUT2D eigenvalue weighted by molar-refractivity contribution is 5.69. The summed E-state index contributed by atoms with van der Waals surface area (Å²) in [4.78, 5) is 0. The van der Waals surface area contributed by atoms with E-state index >= 15 is 0 Å². The first-order chi connectivity index (χ1) is 15.7. The number of benzene rings is 2. The fourth-order valence-corrected chi connectivity index (χ4v) is 3.79. The number of fused-ring (bicyclic) bond motifs is 1. The average Bonchev–Trinajstić information content (AvgIpc) is 2.79. The Hall–Kier alpha value is -3.22. The molecule has 2 aliphatic heterocycles. The Labute approximate surface area is 187 Å². The Morgan fingerprint density at radius 3 is 2.42 bits per heavy atom. The highest BCUT2D eigenvalue weighted by atomic mass is 16.7. The van der Waals surface area contributed by atoms with E-state index in [1.54, 1.807) is 6.07 Å². The van der Waals surface area contributed by atoms with Crippen LogP contribution < -0.4 is 4.74 Å². The predicted molar refractivity (Wildman–Crippen MR) is 112 cm³/mol. The topological polar surface area (TPSA) is 182 Å². The molecule has 4 rings (SSSR count). The Bertz CT molecular complexity index is 1050. The summed E-state index contributed by atoms with van der Waals surface area (Å²) in [5.41, 5.74) is 0.725. The van der Waals surface area contributed by atoms with Crippen molar-refractivity contribution in [2.24, 2.45) is 0 Å². The van der Waals surface area contributed by atoms with Gasteiger partial charge in [-0.25, -0.2) is 0 Å². The minimum absolute atomic E-state index is 0.0839. The Morgan fingerprint density at radius 2 is 1.73 bits per heavy atom. The fourth-order valence-electron chi connectivity index (χ4n) is 3.79. The molecule has 11 nitrogen and oxygen atoms in total. The van der Waals surface area contributed by atoms with Crippen LogP contribution in [-0.4, -0.2) is 84.9 Å². The second-order valence-corrected chi connectivity index (χ2v) is 7.72. The molecule has 0 aromatic heterocycles. The van der Waals surface area contributed by atoms with E-state index in [9.17, 15) is 35.7 Å². The van der Waals surface area contributed by atoms with Crippen LogP contribution in [0.1, 0.15) is 17.2 Å². The van der Waals surface area contributed by atoms with Crippen molar-refractivity contribution < 1.29 is 54.7 Å². The summed E-state index contributed by atoms with van der Waals surface area (Å²) >= 11 is 0. The van der Waals surface area contributed by atoms with Crippen LogP contribution in [0.2, 0.25) is 0 Å². The van der Waals surface area contributed by atoms with Crippen LogP contribution in [0.4, 0.5) is 0 Å². The van der Waals surface area contributed by atoms with Crippen molar-refractivity contribution in [1.82, 2.24) is 0 Å². The molecular formula is C22H25O11+. The largest absolute Gasteiger partial charge is 0.571 e. The van der Waals surface area contributed by atoms with E-state index in [4.69, 9.17) is 14.2 Å². The smallest absolute Gasteiger partial charge is 0.270 e. The number of aliphatic hydroxyl groups excluding tert-OH is 4. The van der Waals surface area contributed by atoms with Gasteiger partial charge in [0.1, 0.15) is 41.5 Å². The molecule has 8 N–H and O–H groups in total. The van der Waals surface area contributed by atoms with Crippen LogP contribution in [0.25, 0.3) is 6.08 Å². The van der Waals surface area contributed by atoms with Gasteiger partial charge in [-0.3, -0.25) is 0 Å². The molecule has 2 aliphatic rings. The van der Waals surface area contributed by atoms with E-state index in [0.29, 0.717) is 5.56 Å². The SMILES string of the molecule is COc1cc(C2[OH+]c3cc(O)cc(O)c3C=C2O[C@@H]2O[C@H](CO)[C@@H](O)[C@H](O)[C@H]2O)ccc1O. The number of phenolic OH excluding ortho intramolecular Hbond substituents is 3. The van der Waals surface area contributed by atoms with Gasteiger partial charge in [0.15, 0.2) is 17.3 Å². The molecule has 0 spiro atoms. The first kappa shape index (κ1) is 23.0. The van der Waals surface area contributed by atoms with Crippen molar-refractivity contribution in [1.29, 1.82) is 0 Å². The number of hydrogen-bond acceptors (Lipinski definition) is 10. The summed E-state index contributed by atoms with van der Waals surface area (Å²) < 4.78 is 21.0. The highest BCUT2D eigenvalue weighted by Gasteiger charge is 2.46. The van der Waals surface area contributed by atoms with Gasteiger partial charge in [0.05, 0.1) is 25.3 Å². The predicted octanol–water partition coefficient (Wildman–Crippen LogP) is -0.0344. The Balaban J connectivity index is 1.75. The number of methoxy groups -OCH3 is 1. The van der Waals surface area contributed by atoms with E-state index in [1.807, 2.05) is 0 Å². The van der Waals surface area contributed by atoms with Crippen molar-refractivity contribution in [3.63, 3.8) is 0 Å². The van der Waals surface area contributed by atoms with Crippen LogP contribution in [0.3, 0.4) is 0 Å². The van der Waals surface area contributed by atoms with Gasteiger partial charge in [-0.05, 0) is 18.2 Å². The van der Waals surface area contributed by atoms with E-state index in [1.165, 1.54) is 31.4 Å². The van der Waals surface area contributed by atoms with Crippen molar-refractivity contribution in [3.8, 4) is 28.7 Å². The monoisotopic (exact) mass is 465 g/mol. The van der Waals surface area contributed by atoms with E-state index in [2.05, 4.69) is 4.74 Å². The van der Waals surface area contributed by atoms with Gasteiger partial charge in [-0.15, -0.1) is 0 Å². The minimum Gasteiger partial charge on any atom is -0.571 e. The van der Waals surface area contributed by atoms with E-state index in [0.717, 1.165) is 6.07 Å². The number of phenols is 3. The van der Waals surface area contributed by atoms with Crippen LogP contribution in [0, 0.1) is 0 Å². The third-order valence-corrected chi connectivity index (χ3v) is 5.57. The molecule has 1 saturated heterocycles. The molecular weight excluding hydrogens is 440 g/mol. The summed E-state index contributed by atoms with van der Waals surface area (Å²) in [5.74, 6) is -0.0760. The molecule has 0 aliphatic carbocycles. The summed E-state index contributed by atoms with van der Waals surface area (Å²) in [6.07, 6.45) is -6.98. The first-order valence-corrected chi connectivity index (χ1v) is 10.1. The lowest BCUT2D eigenvalue weighted by molar-refractivity contribution is -0.295. The molecule has 33 heavy (non-hydrogen) atoms. The lowest BCUT2D eigenvalue weighted by atomic mass is 9.98. The molecule has 1 fully saturated rings. The molecule has 0 amide bonds. The van der Waals surface area contributed by atoms with Gasteiger partial charge in [0.2, 0.25) is 6.29 Å². The average molecular weight is 465 g/mol. The molecule has 1 unspecified atom stereocenters. The van der Waals surface area contributed by atoms with Gasteiger partial charge >= 0.3 is 0 Å². The summed E-state index contributed by atoms with van der Waals surface area (Å²) in [5, 5.41) is 70.0. The second-order valence-electron chi connectivity index (χ2n) is 7.72. The fraction of sp³-hybridized carbons (Fsp3) is 0.364. The van der Waals surface area contributed by atoms with Crippen molar-refractivity contribution in [3.05, 3.63) is 47.2 Å². The summed E-state index contributed by atoms with van der Waals surface area (Å²) in [6.45, 7) is -0.629. The van der Waals surface area contributed by atoms with Crippen molar-refractivity contribution >= 4 is 6.08 Å². The first-order valence-electron chi connectivity index (χ1n) is 10.1. The zero-order chi connectivity index (χ0) is 23.9. The second kappa shape index (κ2) is 8.96. The Kier molecular flexibility index (Phi) is 6.23. The lowest BCUT2D eigenvalue weighted by Gasteiger charge is -2.40. The lowest BCUT2D eigenvalue weighted by Crippen LogP contribution is -2.59. The van der Waals surface area contributed by atoms with Crippen LogP contribution in [-0.2, 0) is 9.47 Å². The van der Waals surface area contributed by atoms with E-state index in [-0.39, 0.29) is 40.1 Å². The van der Waals surface area contributed by atoms with Crippen LogP contribution in [0.5, 0.6) is 28.7 Å². The van der Waals surface area contributed by atoms with Crippen LogP contribution in [0.15, 0.2) is 36.1 Å². The molecule has 0 bridgehead atoms. The quantitative estimate of drug-likeness (QED) is 0.296. The highest BCUT2D eigenvalue weighted by Crippen LogP contribution is 2.46. The minimum atomic E-state index is -1.66. The zero-order valence-electron chi connectivity index (χ0n) is 17.4. The van der Waals surface area contributed by atoms with Gasteiger partial charge in [-0.1, -0.05) is 0 Å². The van der Waals surface area contributed by atoms with Crippen molar-refractivity contribution in [2.75, 3.05) is 13.7 Å². The molecule has 2 aromatic rings. The maximum atomic E-state index is 10.4. The molecule has 2 heterocycles. The normalized spacial score (nSPS) is 28.9. The number of ether oxygens (including phenoxy) is 4. The van der Waals surface area contributed by atoms with Gasteiger partial charge in [0.25, 0.3) is 11.9 Å². The number of aromatic hydroxyl groups is 4. The Morgan fingerprint density at radius 1 is 0.970 bits per heavy atom. The summed E-state index contributed by atoms with van der Waals surface area (Å²) in [7, 11) is 1.38. The van der Waals surface area contributed by atoms with Gasteiger partial charge in [-0.2, -0.15) is 0 Å². The molecule has 11 heteroatoms. The maximum Gasteiger partial charge on any atom is 0.270 e. The summed E-state index contributed by atoms with van der Waals surface area (Å²) in [6, 6.07) is 6.94. The third kappa shape index (κ3) is 4.24. The molecule has 178 valence electrons. The van der Waals surface area contributed by atoms with Gasteiger partial charge < -0.3 is 54.7 Å². The molecule has 0 radical (unpaired) electrons. The maximum absolute atomic E-state index is 10.4. The van der Waals surface area contributed by atoms with Crippen LogP contribution >= 0.6 is 0 Å². The van der Waals surface area contributed by atoms with Crippen molar-refractivity contribution in [2.45, 2.75) is 36.8 Å². The number of rotatable bonds is 5. The molecule has 2 aromatic carbocycles. The zero-order valence-corrected chi connectivity index (χ0v) is 17.4. The van der Waals surface area contributed by atoms with E-state index < -0.39 is 43.4 Å². The number of hydrogen-bond donors (Lipinski definition) is 7. The molecule has 0 saturated carbocycles. The third-order valence-electron chi connectivity index (χ3n) is 5.57. The molecule has 6 atom stereocenters. The number of aliphatic hydroxyl groups is 5.